The van der Waals surface area contributed by atoms with E-state index in [2.05, 4.69) is 0 Å². The first kappa shape index (κ1) is 7.44. The lowest BCUT2D eigenvalue weighted by Crippen LogP contribution is -1.87. The van der Waals surface area contributed by atoms with Crippen molar-refractivity contribution in [3.05, 3.63) is 41.4 Å². The molecule has 0 saturated heterocycles. The van der Waals surface area contributed by atoms with Crippen LogP contribution in [0.1, 0.15) is 0 Å². The van der Waals surface area contributed by atoms with Crippen LogP contribution >= 0.6 is 11.6 Å². The van der Waals surface area contributed by atoms with Crippen molar-refractivity contribution >= 4 is 28.1 Å². The molecular formula is C10H8ClN. The summed E-state index contributed by atoms with van der Waals surface area (Å²) >= 11 is 5.86. The summed E-state index contributed by atoms with van der Waals surface area (Å²) in [6.45, 7) is 0. The second kappa shape index (κ2) is 2.68. The lowest BCUT2D eigenvalue weighted by molar-refractivity contribution is 1.73. The van der Waals surface area contributed by atoms with Crippen molar-refractivity contribution in [2.24, 2.45) is 0 Å². The summed E-state index contributed by atoms with van der Waals surface area (Å²) in [6, 6.07) is 11.7. The summed E-state index contributed by atoms with van der Waals surface area (Å²) in [5.74, 6) is 0. The average Bonchev–Trinajstić information content (AvgIpc) is 2.12. The van der Waals surface area contributed by atoms with Crippen LogP contribution in [0.25, 0.3) is 10.8 Å². The summed E-state index contributed by atoms with van der Waals surface area (Å²) in [5, 5.41) is 2.76. The Hall–Kier alpha value is -1.21. The maximum atomic E-state index is 5.86. The van der Waals surface area contributed by atoms with Crippen molar-refractivity contribution in [3.63, 3.8) is 0 Å². The van der Waals surface area contributed by atoms with Crippen LogP contribution in [-0.2, 0) is 0 Å². The predicted octanol–water partition coefficient (Wildman–Crippen LogP) is 3.08. The monoisotopic (exact) mass is 177 g/mol. The first-order valence-corrected chi connectivity index (χ1v) is 4.09. The average molecular weight is 178 g/mol. The maximum absolute atomic E-state index is 5.86. The molecule has 0 aliphatic carbocycles. The SMILES string of the molecule is Nc1c(Cl)ccc2ccccc12. The maximum Gasteiger partial charge on any atom is 0.0642 e. The zero-order chi connectivity index (χ0) is 8.55. The Morgan fingerprint density at radius 1 is 1.00 bits per heavy atom. The van der Waals surface area contributed by atoms with Gasteiger partial charge in [0.05, 0.1) is 10.7 Å². The van der Waals surface area contributed by atoms with E-state index in [4.69, 9.17) is 17.3 Å². The zero-order valence-electron chi connectivity index (χ0n) is 6.42. The highest BCUT2D eigenvalue weighted by atomic mass is 35.5. The van der Waals surface area contributed by atoms with Crippen molar-refractivity contribution in [2.45, 2.75) is 0 Å². The van der Waals surface area contributed by atoms with Crippen LogP contribution in [0, 0.1) is 0 Å². The van der Waals surface area contributed by atoms with E-state index in [1.807, 2.05) is 36.4 Å². The van der Waals surface area contributed by atoms with Gasteiger partial charge in [0.2, 0.25) is 0 Å². The highest BCUT2D eigenvalue weighted by molar-refractivity contribution is 6.34. The van der Waals surface area contributed by atoms with Gasteiger partial charge in [0.15, 0.2) is 0 Å². The molecule has 0 amide bonds. The third-order valence-corrected chi connectivity index (χ3v) is 2.25. The molecule has 0 spiro atoms. The Balaban J connectivity index is 2.91. The van der Waals surface area contributed by atoms with E-state index in [9.17, 15) is 0 Å². The first-order valence-electron chi connectivity index (χ1n) is 3.72. The molecule has 0 bridgehead atoms. The van der Waals surface area contributed by atoms with E-state index < -0.39 is 0 Å². The van der Waals surface area contributed by atoms with Crippen LogP contribution < -0.4 is 5.73 Å². The molecule has 2 N–H and O–H groups in total. The van der Waals surface area contributed by atoms with E-state index in [0.29, 0.717) is 10.7 Å². The molecule has 60 valence electrons. The number of anilines is 1. The molecule has 0 radical (unpaired) electrons. The molecule has 0 fully saturated rings. The first-order chi connectivity index (χ1) is 5.79. The lowest BCUT2D eigenvalue weighted by atomic mass is 10.1. The summed E-state index contributed by atoms with van der Waals surface area (Å²) in [5.41, 5.74) is 6.45. The van der Waals surface area contributed by atoms with E-state index in [1.54, 1.807) is 0 Å². The number of benzene rings is 2. The molecule has 2 rings (SSSR count). The van der Waals surface area contributed by atoms with Crippen LogP contribution in [-0.4, -0.2) is 0 Å². The Kier molecular flexibility index (Phi) is 1.66. The highest BCUT2D eigenvalue weighted by Gasteiger charge is 1.99. The minimum atomic E-state index is 0.619. The molecule has 0 saturated carbocycles. The van der Waals surface area contributed by atoms with Gasteiger partial charge in [-0.15, -0.1) is 0 Å². The largest absolute Gasteiger partial charge is 0.397 e. The van der Waals surface area contributed by atoms with E-state index in [0.717, 1.165) is 10.8 Å². The van der Waals surface area contributed by atoms with E-state index >= 15 is 0 Å². The third kappa shape index (κ3) is 1.03. The minimum absolute atomic E-state index is 0.619. The molecule has 2 aromatic rings. The molecule has 0 atom stereocenters. The lowest BCUT2D eigenvalue weighted by Gasteiger charge is -2.02. The molecular weight excluding hydrogens is 170 g/mol. The Labute approximate surface area is 75.8 Å². The Bertz CT molecular complexity index is 423. The van der Waals surface area contributed by atoms with Gasteiger partial charge in [-0.05, 0) is 11.5 Å². The minimum Gasteiger partial charge on any atom is -0.397 e. The molecule has 1 nitrogen and oxygen atoms in total. The second-order valence-corrected chi connectivity index (χ2v) is 3.09. The number of rotatable bonds is 0. The van der Waals surface area contributed by atoms with Crippen LogP contribution in [0.4, 0.5) is 5.69 Å². The normalized spacial score (nSPS) is 10.4. The van der Waals surface area contributed by atoms with Gasteiger partial charge in [-0.3, -0.25) is 0 Å². The van der Waals surface area contributed by atoms with Gasteiger partial charge in [0, 0.05) is 5.39 Å². The highest BCUT2D eigenvalue weighted by Crippen LogP contribution is 2.27. The van der Waals surface area contributed by atoms with Gasteiger partial charge in [0.25, 0.3) is 0 Å². The van der Waals surface area contributed by atoms with Gasteiger partial charge >= 0.3 is 0 Å². The summed E-state index contributed by atoms with van der Waals surface area (Å²) in [4.78, 5) is 0. The van der Waals surface area contributed by atoms with Crippen LogP contribution in [0.15, 0.2) is 36.4 Å². The number of hydrogen-bond acceptors (Lipinski definition) is 1. The molecule has 2 aromatic carbocycles. The van der Waals surface area contributed by atoms with Crippen molar-refractivity contribution in [1.82, 2.24) is 0 Å². The quantitative estimate of drug-likeness (QED) is 0.615. The zero-order valence-corrected chi connectivity index (χ0v) is 7.18. The summed E-state index contributed by atoms with van der Waals surface area (Å²) < 4.78 is 0. The molecule has 0 unspecified atom stereocenters. The van der Waals surface area contributed by atoms with Crippen molar-refractivity contribution < 1.29 is 0 Å². The van der Waals surface area contributed by atoms with Gasteiger partial charge < -0.3 is 5.73 Å². The summed E-state index contributed by atoms with van der Waals surface area (Å²) in [6.07, 6.45) is 0. The van der Waals surface area contributed by atoms with Crippen molar-refractivity contribution in [2.75, 3.05) is 5.73 Å². The van der Waals surface area contributed by atoms with Crippen molar-refractivity contribution in [3.8, 4) is 0 Å². The number of nitrogens with two attached hydrogens (primary N) is 1. The number of halogens is 1. The van der Waals surface area contributed by atoms with E-state index in [1.165, 1.54) is 0 Å². The predicted molar refractivity (Wildman–Crippen MR) is 53.4 cm³/mol. The molecule has 2 heteroatoms. The molecule has 0 aliphatic heterocycles. The molecule has 12 heavy (non-hydrogen) atoms. The van der Waals surface area contributed by atoms with Crippen molar-refractivity contribution in [1.29, 1.82) is 0 Å². The van der Waals surface area contributed by atoms with Crippen LogP contribution in [0.5, 0.6) is 0 Å². The molecule has 0 aliphatic rings. The van der Waals surface area contributed by atoms with Crippen LogP contribution in [0.3, 0.4) is 0 Å². The Morgan fingerprint density at radius 2 is 1.75 bits per heavy atom. The fourth-order valence-corrected chi connectivity index (χ4v) is 1.43. The van der Waals surface area contributed by atoms with Gasteiger partial charge in [0.1, 0.15) is 0 Å². The number of hydrogen-bond donors (Lipinski definition) is 1. The number of nitrogen functional groups attached to an aromatic ring is 1. The smallest absolute Gasteiger partial charge is 0.0642 e. The van der Waals surface area contributed by atoms with Gasteiger partial charge in [-0.1, -0.05) is 41.9 Å². The number of fused-ring (bicyclic) bond motifs is 1. The topological polar surface area (TPSA) is 26.0 Å². The fourth-order valence-electron chi connectivity index (χ4n) is 1.27. The van der Waals surface area contributed by atoms with Crippen LogP contribution in [0.2, 0.25) is 5.02 Å². The summed E-state index contributed by atoms with van der Waals surface area (Å²) in [7, 11) is 0. The molecule has 0 aromatic heterocycles. The van der Waals surface area contributed by atoms with Gasteiger partial charge in [-0.25, -0.2) is 0 Å². The third-order valence-electron chi connectivity index (χ3n) is 1.92. The standard InChI is InChI=1S/C10H8ClN/c11-9-6-5-7-3-1-2-4-8(7)10(9)12/h1-6H,12H2. The van der Waals surface area contributed by atoms with Gasteiger partial charge in [-0.2, -0.15) is 0 Å². The molecule has 0 heterocycles. The Morgan fingerprint density at radius 3 is 2.58 bits per heavy atom. The fraction of sp³-hybridized carbons (Fsp3) is 0. The van der Waals surface area contributed by atoms with E-state index in [-0.39, 0.29) is 0 Å². The second-order valence-electron chi connectivity index (χ2n) is 2.68.